The van der Waals surface area contributed by atoms with Gasteiger partial charge in [-0.2, -0.15) is 20.4 Å². The summed E-state index contributed by atoms with van der Waals surface area (Å²) in [5.41, 5.74) is -1.90. The van der Waals surface area contributed by atoms with Crippen molar-refractivity contribution < 1.29 is 13.9 Å². The molecule has 146 valence electrons. The molecule has 2 aromatic heterocycles. The van der Waals surface area contributed by atoms with Crippen LogP contribution in [0.4, 0.5) is 14.7 Å². The Balaban J connectivity index is 1.88. The Kier molecular flexibility index (Phi) is 5.90. The molecule has 0 aliphatic rings. The molecule has 1 unspecified atom stereocenters. The molecular formula is C17H18F2N8O. The van der Waals surface area contributed by atoms with Crippen LogP contribution in [0, 0.1) is 23.0 Å². The number of unbranched alkanes of at least 4 members (excludes halogenated alkanes) is 1. The zero-order valence-electron chi connectivity index (χ0n) is 14.8. The lowest BCUT2D eigenvalue weighted by Crippen LogP contribution is -2.38. The predicted octanol–water partition coefficient (Wildman–Crippen LogP) is 1.45. The topological polar surface area (TPSA) is 117 Å². The van der Waals surface area contributed by atoms with E-state index in [-0.39, 0.29) is 18.7 Å². The summed E-state index contributed by atoms with van der Waals surface area (Å²) in [6, 6.07) is 5.03. The molecular weight excluding hydrogens is 370 g/mol. The normalized spacial score (nSPS) is 13.1. The van der Waals surface area contributed by atoms with Crippen LogP contribution >= 0.6 is 0 Å². The van der Waals surface area contributed by atoms with Crippen LogP contribution in [0.15, 0.2) is 37.2 Å². The number of aliphatic hydroxyl groups is 1. The van der Waals surface area contributed by atoms with Crippen molar-refractivity contribution in [1.82, 2.24) is 29.5 Å². The number of hydrogen-bond donors (Lipinski definition) is 2. The number of rotatable bonds is 9. The molecule has 0 fully saturated rings. The van der Waals surface area contributed by atoms with E-state index in [4.69, 9.17) is 5.26 Å². The Morgan fingerprint density at radius 2 is 2.07 bits per heavy atom. The summed E-state index contributed by atoms with van der Waals surface area (Å²) in [6.07, 6.45) is 4.97. The van der Waals surface area contributed by atoms with E-state index in [0.717, 1.165) is 6.07 Å². The molecule has 1 aromatic carbocycles. The van der Waals surface area contributed by atoms with Gasteiger partial charge in [0.2, 0.25) is 5.95 Å². The fraction of sp³-hybridized carbons (Fsp3) is 0.353. The highest BCUT2D eigenvalue weighted by Gasteiger charge is 2.35. The van der Waals surface area contributed by atoms with Gasteiger partial charge in [-0.3, -0.25) is 0 Å². The Morgan fingerprint density at radius 1 is 1.21 bits per heavy atom. The molecule has 0 radical (unpaired) electrons. The number of nitrogens with zero attached hydrogens (tertiary/aromatic N) is 7. The van der Waals surface area contributed by atoms with Gasteiger partial charge in [0.15, 0.2) is 0 Å². The Bertz CT molecular complexity index is 952. The fourth-order valence-corrected chi connectivity index (χ4v) is 2.80. The zero-order chi connectivity index (χ0) is 20.0. The highest BCUT2D eigenvalue weighted by Crippen LogP contribution is 2.29. The lowest BCUT2D eigenvalue weighted by atomic mass is 9.93. The lowest BCUT2D eigenvalue weighted by molar-refractivity contribution is -0.00800. The summed E-state index contributed by atoms with van der Waals surface area (Å²) in [4.78, 5) is 7.91. The van der Waals surface area contributed by atoms with Crippen molar-refractivity contribution in [3.63, 3.8) is 0 Å². The van der Waals surface area contributed by atoms with Crippen molar-refractivity contribution in [2.24, 2.45) is 0 Å². The molecule has 1 atom stereocenters. The summed E-state index contributed by atoms with van der Waals surface area (Å²) >= 11 is 0. The number of nitrogens with one attached hydrogen (secondary N) is 1. The maximum atomic E-state index is 14.5. The molecule has 2 N–H and O–H groups in total. The van der Waals surface area contributed by atoms with Crippen LogP contribution in [0.1, 0.15) is 18.4 Å². The van der Waals surface area contributed by atoms with E-state index < -0.39 is 17.2 Å². The molecule has 0 saturated heterocycles. The van der Waals surface area contributed by atoms with Gasteiger partial charge in [0.25, 0.3) is 0 Å². The van der Waals surface area contributed by atoms with E-state index in [1.54, 1.807) is 0 Å². The average molecular weight is 388 g/mol. The maximum absolute atomic E-state index is 14.5. The van der Waals surface area contributed by atoms with Crippen LogP contribution < -0.4 is 5.32 Å². The first kappa shape index (κ1) is 19.4. The summed E-state index contributed by atoms with van der Waals surface area (Å²) < 4.78 is 30.5. The predicted molar refractivity (Wildman–Crippen MR) is 93.6 cm³/mol. The van der Waals surface area contributed by atoms with E-state index in [0.29, 0.717) is 31.4 Å². The van der Waals surface area contributed by atoms with E-state index >= 15 is 0 Å². The Hall–Kier alpha value is -3.39. The average Bonchev–Trinajstić information content (AvgIpc) is 3.30. The van der Waals surface area contributed by atoms with Gasteiger partial charge in [-0.1, -0.05) is 6.07 Å². The molecule has 3 aromatic rings. The van der Waals surface area contributed by atoms with E-state index in [1.165, 1.54) is 34.4 Å². The van der Waals surface area contributed by atoms with E-state index in [1.807, 2.05) is 6.07 Å². The molecule has 11 heteroatoms. The summed E-state index contributed by atoms with van der Waals surface area (Å²) in [7, 11) is 0. The third kappa shape index (κ3) is 4.47. The molecule has 0 saturated carbocycles. The first-order valence-electron chi connectivity index (χ1n) is 8.51. The summed E-state index contributed by atoms with van der Waals surface area (Å²) in [5, 5.41) is 31.0. The molecule has 0 aliphatic carbocycles. The van der Waals surface area contributed by atoms with Gasteiger partial charge in [-0.05, 0) is 12.5 Å². The van der Waals surface area contributed by atoms with Crippen molar-refractivity contribution in [3.05, 3.63) is 54.4 Å². The first-order valence-corrected chi connectivity index (χ1v) is 8.51. The van der Waals surface area contributed by atoms with Crippen molar-refractivity contribution in [1.29, 1.82) is 5.26 Å². The Labute approximate surface area is 159 Å². The molecule has 0 aliphatic heterocycles. The zero-order valence-corrected chi connectivity index (χ0v) is 14.8. The molecule has 2 heterocycles. The third-order valence-electron chi connectivity index (χ3n) is 4.10. The van der Waals surface area contributed by atoms with E-state index in [2.05, 4.69) is 25.5 Å². The Morgan fingerprint density at radius 3 is 2.79 bits per heavy atom. The number of hydrogen-bond acceptors (Lipinski definition) is 7. The highest BCUT2D eigenvalue weighted by molar-refractivity contribution is 5.27. The lowest BCUT2D eigenvalue weighted by Gasteiger charge is -2.29. The number of nitriles is 1. The smallest absolute Gasteiger partial charge is 0.221 e. The van der Waals surface area contributed by atoms with Gasteiger partial charge in [0.05, 0.1) is 19.2 Å². The summed E-state index contributed by atoms with van der Waals surface area (Å²) in [6.45, 7) is 0.179. The highest BCUT2D eigenvalue weighted by atomic mass is 19.1. The van der Waals surface area contributed by atoms with Gasteiger partial charge in [0, 0.05) is 24.6 Å². The van der Waals surface area contributed by atoms with Gasteiger partial charge < -0.3 is 10.4 Å². The minimum Gasteiger partial charge on any atom is -0.381 e. The molecule has 0 spiro atoms. The standard InChI is InChI=1S/C17H18F2N8O/c18-13-3-4-14(15(19)7-13)17(28,8-26-12-21-10-24-26)9-27-16(23-11-25-27)22-6-2-1-5-20/h3-4,7,10-12,28H,1-2,6,8-9H2,(H,22,23,25). The van der Waals surface area contributed by atoms with E-state index in [9.17, 15) is 13.9 Å². The van der Waals surface area contributed by atoms with Crippen molar-refractivity contribution >= 4 is 5.95 Å². The van der Waals surface area contributed by atoms with Crippen LogP contribution in [0.5, 0.6) is 0 Å². The minimum atomic E-state index is -1.80. The second-order valence-electron chi connectivity index (χ2n) is 6.18. The molecule has 0 amide bonds. The number of benzene rings is 1. The molecule has 9 nitrogen and oxygen atoms in total. The number of anilines is 1. The van der Waals surface area contributed by atoms with Crippen molar-refractivity contribution in [3.8, 4) is 6.07 Å². The van der Waals surface area contributed by atoms with Crippen LogP contribution in [-0.2, 0) is 18.7 Å². The van der Waals surface area contributed by atoms with Crippen LogP contribution in [0.2, 0.25) is 0 Å². The van der Waals surface area contributed by atoms with Crippen LogP contribution in [-0.4, -0.2) is 41.2 Å². The van der Waals surface area contributed by atoms with Gasteiger partial charge >= 0.3 is 0 Å². The second kappa shape index (κ2) is 8.53. The van der Waals surface area contributed by atoms with Gasteiger partial charge in [0.1, 0.15) is 36.2 Å². The molecule has 0 bridgehead atoms. The van der Waals surface area contributed by atoms with Crippen LogP contribution in [0.25, 0.3) is 0 Å². The second-order valence-corrected chi connectivity index (χ2v) is 6.18. The minimum absolute atomic E-state index is 0.102. The number of halogens is 2. The quantitative estimate of drug-likeness (QED) is 0.533. The third-order valence-corrected chi connectivity index (χ3v) is 4.10. The van der Waals surface area contributed by atoms with Gasteiger partial charge in [-0.25, -0.2) is 23.1 Å². The van der Waals surface area contributed by atoms with Crippen molar-refractivity contribution in [2.75, 3.05) is 11.9 Å². The molecule has 3 rings (SSSR count). The monoisotopic (exact) mass is 388 g/mol. The molecule has 28 heavy (non-hydrogen) atoms. The van der Waals surface area contributed by atoms with Crippen molar-refractivity contribution in [2.45, 2.75) is 31.5 Å². The largest absolute Gasteiger partial charge is 0.381 e. The fourth-order valence-electron chi connectivity index (χ4n) is 2.80. The SMILES string of the molecule is N#CCCCNc1ncnn1CC(O)(Cn1cncn1)c1ccc(F)cc1F. The first-order chi connectivity index (χ1) is 13.5. The maximum Gasteiger partial charge on any atom is 0.221 e. The summed E-state index contributed by atoms with van der Waals surface area (Å²) in [5.74, 6) is -1.27. The van der Waals surface area contributed by atoms with Crippen LogP contribution in [0.3, 0.4) is 0 Å². The van der Waals surface area contributed by atoms with Gasteiger partial charge in [-0.15, -0.1) is 0 Å². The number of aromatic nitrogens is 6.